The van der Waals surface area contributed by atoms with Crippen molar-refractivity contribution in [2.24, 2.45) is 4.99 Å². The van der Waals surface area contributed by atoms with E-state index in [4.69, 9.17) is 4.74 Å². The van der Waals surface area contributed by atoms with Gasteiger partial charge in [-0.15, -0.1) is 0 Å². The summed E-state index contributed by atoms with van der Waals surface area (Å²) in [4.78, 5) is 6.68. The summed E-state index contributed by atoms with van der Waals surface area (Å²) in [5.74, 6) is 0.908. The van der Waals surface area contributed by atoms with Gasteiger partial charge in [-0.2, -0.15) is 0 Å². The first-order valence-corrected chi connectivity index (χ1v) is 7.23. The van der Waals surface area contributed by atoms with Gasteiger partial charge in [-0.25, -0.2) is 4.99 Å². The number of nitrogens with one attached hydrogen (secondary N) is 1. The van der Waals surface area contributed by atoms with Crippen molar-refractivity contribution in [1.29, 1.82) is 0 Å². The summed E-state index contributed by atoms with van der Waals surface area (Å²) in [7, 11) is 4.02. The number of ether oxygens (including phenoxy) is 1. The second kappa shape index (κ2) is 6.75. The molecule has 4 heteroatoms. The molecule has 0 spiro atoms. The third-order valence-electron chi connectivity index (χ3n) is 3.60. The van der Waals surface area contributed by atoms with Crippen molar-refractivity contribution in [3.05, 3.63) is 35.9 Å². The lowest BCUT2D eigenvalue weighted by Gasteiger charge is -2.26. The van der Waals surface area contributed by atoms with Crippen molar-refractivity contribution in [3.8, 4) is 0 Å². The Labute approximate surface area is 121 Å². The van der Waals surface area contributed by atoms with Gasteiger partial charge in [-0.1, -0.05) is 30.3 Å². The second-order valence-electron chi connectivity index (χ2n) is 5.78. The van der Waals surface area contributed by atoms with Gasteiger partial charge in [0.1, 0.15) is 0 Å². The number of benzene rings is 1. The maximum Gasteiger partial charge on any atom is 0.193 e. The van der Waals surface area contributed by atoms with Gasteiger partial charge in [-0.3, -0.25) is 0 Å². The predicted molar refractivity (Wildman–Crippen MR) is 82.9 cm³/mol. The van der Waals surface area contributed by atoms with Crippen LogP contribution in [-0.2, 0) is 11.3 Å². The molecular weight excluding hydrogens is 250 g/mol. The van der Waals surface area contributed by atoms with Gasteiger partial charge in [0, 0.05) is 27.2 Å². The molecule has 2 rings (SSSR count). The fourth-order valence-corrected chi connectivity index (χ4v) is 2.35. The molecule has 20 heavy (non-hydrogen) atoms. The number of guanidine groups is 1. The van der Waals surface area contributed by atoms with E-state index in [1.165, 1.54) is 5.56 Å². The van der Waals surface area contributed by atoms with Crippen LogP contribution in [0, 0.1) is 0 Å². The van der Waals surface area contributed by atoms with E-state index >= 15 is 0 Å². The van der Waals surface area contributed by atoms with Gasteiger partial charge in [0.15, 0.2) is 5.96 Å². The van der Waals surface area contributed by atoms with Crippen molar-refractivity contribution >= 4 is 5.96 Å². The minimum atomic E-state index is -0.0521. The van der Waals surface area contributed by atoms with Crippen molar-refractivity contribution in [1.82, 2.24) is 10.2 Å². The lowest BCUT2D eigenvalue weighted by molar-refractivity contribution is 0.0240. The molecule has 1 atom stereocenters. The molecule has 1 saturated heterocycles. The van der Waals surface area contributed by atoms with E-state index in [0.717, 1.165) is 32.0 Å². The van der Waals surface area contributed by atoms with Crippen LogP contribution in [0.25, 0.3) is 0 Å². The first kappa shape index (κ1) is 14.9. The number of nitrogens with zero attached hydrogens (tertiary/aromatic N) is 2. The van der Waals surface area contributed by atoms with Crippen LogP contribution in [0.15, 0.2) is 35.3 Å². The maximum absolute atomic E-state index is 5.80. The Kier molecular flexibility index (Phi) is 5.01. The molecule has 1 aliphatic rings. The smallest absolute Gasteiger partial charge is 0.193 e. The Bertz CT molecular complexity index is 436. The van der Waals surface area contributed by atoms with Gasteiger partial charge < -0.3 is 15.0 Å². The van der Waals surface area contributed by atoms with Crippen LogP contribution in [0.5, 0.6) is 0 Å². The quantitative estimate of drug-likeness (QED) is 0.676. The van der Waals surface area contributed by atoms with Crippen molar-refractivity contribution < 1.29 is 4.74 Å². The Morgan fingerprint density at radius 1 is 1.35 bits per heavy atom. The Hall–Kier alpha value is -1.55. The van der Waals surface area contributed by atoms with Crippen molar-refractivity contribution in [2.45, 2.75) is 31.9 Å². The third-order valence-corrected chi connectivity index (χ3v) is 3.60. The highest BCUT2D eigenvalue weighted by atomic mass is 16.5. The van der Waals surface area contributed by atoms with Gasteiger partial charge in [-0.05, 0) is 25.3 Å². The van der Waals surface area contributed by atoms with Crippen LogP contribution < -0.4 is 5.32 Å². The summed E-state index contributed by atoms with van der Waals surface area (Å²) in [6, 6.07) is 10.3. The minimum absolute atomic E-state index is 0.0521. The summed E-state index contributed by atoms with van der Waals surface area (Å²) in [6.45, 7) is 4.53. The van der Waals surface area contributed by atoms with E-state index in [9.17, 15) is 0 Å². The predicted octanol–water partition coefficient (Wildman–Crippen LogP) is 2.26. The summed E-state index contributed by atoms with van der Waals surface area (Å²) >= 11 is 0. The molecule has 110 valence electrons. The number of rotatable bonds is 4. The molecule has 1 N–H and O–H groups in total. The van der Waals surface area contributed by atoms with Crippen LogP contribution in [-0.4, -0.2) is 43.7 Å². The van der Waals surface area contributed by atoms with Crippen LogP contribution in [0.3, 0.4) is 0 Å². The molecule has 0 bridgehead atoms. The highest BCUT2D eigenvalue weighted by molar-refractivity contribution is 5.79. The molecule has 1 aromatic carbocycles. The molecule has 1 aliphatic heterocycles. The maximum atomic E-state index is 5.80. The number of hydrogen-bond donors (Lipinski definition) is 1. The SMILES string of the molecule is CN(C)C(=NCc1ccccc1)NCC1(C)CCCO1. The molecule has 1 unspecified atom stereocenters. The number of aliphatic imine (C=N–C) groups is 1. The zero-order chi connectivity index (χ0) is 14.4. The highest BCUT2D eigenvalue weighted by Gasteiger charge is 2.29. The van der Waals surface area contributed by atoms with E-state index in [-0.39, 0.29) is 5.60 Å². The molecular formula is C16H25N3O. The fourth-order valence-electron chi connectivity index (χ4n) is 2.35. The standard InChI is InChI=1S/C16H25N3O/c1-16(10-7-11-20-16)13-18-15(19(2)3)17-12-14-8-5-4-6-9-14/h4-6,8-9H,7,10-13H2,1-3H3,(H,17,18). The summed E-state index contributed by atoms with van der Waals surface area (Å²) in [6.07, 6.45) is 2.26. The van der Waals surface area contributed by atoms with E-state index in [1.54, 1.807) is 0 Å². The van der Waals surface area contributed by atoms with Crippen LogP contribution in [0.4, 0.5) is 0 Å². The summed E-state index contributed by atoms with van der Waals surface area (Å²) in [5.41, 5.74) is 1.17. The molecule has 4 nitrogen and oxygen atoms in total. The normalized spacial score (nSPS) is 22.9. The van der Waals surface area contributed by atoms with Crippen molar-refractivity contribution in [3.63, 3.8) is 0 Å². The largest absolute Gasteiger partial charge is 0.373 e. The lowest BCUT2D eigenvalue weighted by Crippen LogP contribution is -2.45. The van der Waals surface area contributed by atoms with Gasteiger partial charge in [0.25, 0.3) is 0 Å². The van der Waals surface area contributed by atoms with Crippen molar-refractivity contribution in [2.75, 3.05) is 27.2 Å². The van der Waals surface area contributed by atoms with Gasteiger partial charge >= 0.3 is 0 Å². The second-order valence-corrected chi connectivity index (χ2v) is 5.78. The van der Waals surface area contributed by atoms with Crippen LogP contribution in [0.1, 0.15) is 25.3 Å². The first-order chi connectivity index (χ1) is 9.59. The zero-order valence-electron chi connectivity index (χ0n) is 12.7. The molecule has 0 radical (unpaired) electrons. The Morgan fingerprint density at radius 2 is 2.10 bits per heavy atom. The molecule has 1 heterocycles. The van der Waals surface area contributed by atoms with E-state index < -0.39 is 0 Å². The average molecular weight is 275 g/mol. The first-order valence-electron chi connectivity index (χ1n) is 7.23. The fraction of sp³-hybridized carbons (Fsp3) is 0.562. The molecule has 0 amide bonds. The van der Waals surface area contributed by atoms with Gasteiger partial charge in [0.05, 0.1) is 12.1 Å². The molecule has 0 saturated carbocycles. The average Bonchev–Trinajstić information content (AvgIpc) is 2.86. The summed E-state index contributed by atoms with van der Waals surface area (Å²) < 4.78 is 5.80. The molecule has 0 aliphatic carbocycles. The third kappa shape index (κ3) is 4.23. The zero-order valence-corrected chi connectivity index (χ0v) is 12.7. The van der Waals surface area contributed by atoms with E-state index in [1.807, 2.05) is 37.2 Å². The highest BCUT2D eigenvalue weighted by Crippen LogP contribution is 2.23. The molecule has 1 fully saturated rings. The topological polar surface area (TPSA) is 36.9 Å². The van der Waals surface area contributed by atoms with E-state index in [2.05, 4.69) is 29.4 Å². The summed E-state index contributed by atoms with van der Waals surface area (Å²) in [5, 5.41) is 3.42. The Balaban J connectivity index is 1.93. The van der Waals surface area contributed by atoms with Crippen LogP contribution in [0.2, 0.25) is 0 Å². The van der Waals surface area contributed by atoms with Gasteiger partial charge in [0.2, 0.25) is 0 Å². The Morgan fingerprint density at radius 3 is 2.70 bits per heavy atom. The molecule has 1 aromatic rings. The minimum Gasteiger partial charge on any atom is -0.373 e. The number of hydrogen-bond acceptors (Lipinski definition) is 2. The monoisotopic (exact) mass is 275 g/mol. The molecule has 0 aromatic heterocycles. The van der Waals surface area contributed by atoms with Crippen LogP contribution >= 0.6 is 0 Å². The lowest BCUT2D eigenvalue weighted by atomic mass is 10.0. The van der Waals surface area contributed by atoms with E-state index in [0.29, 0.717) is 6.54 Å².